The Morgan fingerprint density at radius 3 is 2.58 bits per heavy atom. The first-order valence-electron chi connectivity index (χ1n) is 5.65. The summed E-state index contributed by atoms with van der Waals surface area (Å²) in [7, 11) is -1.64. The first kappa shape index (κ1) is 15.3. The number of rotatable bonds is 5. The number of ether oxygens (including phenoxy) is 1. The molecule has 0 saturated heterocycles. The number of benzene rings is 1. The van der Waals surface area contributed by atoms with Crippen molar-refractivity contribution in [2.24, 2.45) is 0 Å². The number of amides is 1. The molecule has 0 aliphatic rings. The Hall–Kier alpha value is -1.76. The Balaban J connectivity index is 2.79. The SMILES string of the molecule is COc1ccc(C(=O)NC(C)CS(C)(=O)=O)c(N)c1. The van der Waals surface area contributed by atoms with E-state index in [0.717, 1.165) is 6.26 Å². The van der Waals surface area contributed by atoms with Crippen molar-refractivity contribution >= 4 is 21.4 Å². The molecule has 0 aromatic heterocycles. The van der Waals surface area contributed by atoms with Crippen LogP contribution >= 0.6 is 0 Å². The minimum absolute atomic E-state index is 0.116. The molecule has 0 radical (unpaired) electrons. The fourth-order valence-electron chi connectivity index (χ4n) is 1.67. The van der Waals surface area contributed by atoms with Crippen LogP contribution in [-0.2, 0) is 9.84 Å². The minimum Gasteiger partial charge on any atom is -0.497 e. The third-order valence-electron chi connectivity index (χ3n) is 2.43. The van der Waals surface area contributed by atoms with Crippen LogP contribution in [0.3, 0.4) is 0 Å². The van der Waals surface area contributed by atoms with Crippen molar-refractivity contribution in [3.8, 4) is 5.75 Å². The van der Waals surface area contributed by atoms with E-state index in [-0.39, 0.29) is 11.4 Å². The maximum atomic E-state index is 11.9. The van der Waals surface area contributed by atoms with E-state index in [1.807, 2.05) is 0 Å². The van der Waals surface area contributed by atoms with E-state index >= 15 is 0 Å². The summed E-state index contributed by atoms with van der Waals surface area (Å²) in [5.74, 6) is 0.0314. The lowest BCUT2D eigenvalue weighted by Gasteiger charge is -2.14. The summed E-state index contributed by atoms with van der Waals surface area (Å²) in [5.41, 5.74) is 6.32. The van der Waals surface area contributed by atoms with E-state index in [2.05, 4.69) is 5.32 Å². The van der Waals surface area contributed by atoms with Crippen molar-refractivity contribution in [3.05, 3.63) is 23.8 Å². The topological polar surface area (TPSA) is 98.5 Å². The molecule has 1 aromatic carbocycles. The number of carbonyl (C=O) groups excluding carboxylic acids is 1. The molecule has 1 unspecified atom stereocenters. The molecular formula is C12H18N2O4S. The molecule has 0 saturated carbocycles. The highest BCUT2D eigenvalue weighted by Crippen LogP contribution is 2.19. The molecule has 7 heteroatoms. The molecule has 0 fully saturated rings. The van der Waals surface area contributed by atoms with Crippen LogP contribution in [0.5, 0.6) is 5.75 Å². The Bertz CT molecular complexity index is 569. The maximum absolute atomic E-state index is 11.9. The van der Waals surface area contributed by atoms with Gasteiger partial charge in [0.25, 0.3) is 5.91 Å². The van der Waals surface area contributed by atoms with Crippen LogP contribution < -0.4 is 15.8 Å². The van der Waals surface area contributed by atoms with Gasteiger partial charge in [-0.3, -0.25) is 4.79 Å². The zero-order valence-electron chi connectivity index (χ0n) is 11.1. The van der Waals surface area contributed by atoms with Gasteiger partial charge in [0, 0.05) is 24.1 Å². The summed E-state index contributed by atoms with van der Waals surface area (Å²) in [4.78, 5) is 11.9. The average molecular weight is 286 g/mol. The molecular weight excluding hydrogens is 268 g/mol. The molecule has 3 N–H and O–H groups in total. The standard InChI is InChI=1S/C12H18N2O4S/c1-8(7-19(3,16)17)14-12(15)10-5-4-9(18-2)6-11(10)13/h4-6,8H,7,13H2,1-3H3,(H,14,15). The molecule has 1 rings (SSSR count). The van der Waals surface area contributed by atoms with Gasteiger partial charge in [0.2, 0.25) is 0 Å². The number of nitrogen functional groups attached to an aromatic ring is 1. The van der Waals surface area contributed by atoms with Crippen molar-refractivity contribution < 1.29 is 17.9 Å². The van der Waals surface area contributed by atoms with Gasteiger partial charge in [0.15, 0.2) is 0 Å². The van der Waals surface area contributed by atoms with E-state index in [1.54, 1.807) is 13.0 Å². The second-order valence-corrected chi connectivity index (χ2v) is 6.60. The van der Waals surface area contributed by atoms with Crippen molar-refractivity contribution in [1.82, 2.24) is 5.32 Å². The molecule has 0 bridgehead atoms. The fourth-order valence-corrected chi connectivity index (χ4v) is 2.66. The molecule has 106 valence electrons. The van der Waals surface area contributed by atoms with Crippen molar-refractivity contribution in [1.29, 1.82) is 0 Å². The van der Waals surface area contributed by atoms with E-state index < -0.39 is 21.8 Å². The van der Waals surface area contributed by atoms with E-state index in [9.17, 15) is 13.2 Å². The number of hydrogen-bond donors (Lipinski definition) is 2. The lowest BCUT2D eigenvalue weighted by atomic mass is 10.1. The molecule has 0 aliphatic heterocycles. The van der Waals surface area contributed by atoms with E-state index in [4.69, 9.17) is 10.5 Å². The van der Waals surface area contributed by atoms with Crippen LogP contribution in [0.2, 0.25) is 0 Å². The molecule has 1 amide bonds. The Morgan fingerprint density at radius 2 is 2.11 bits per heavy atom. The number of methoxy groups -OCH3 is 1. The van der Waals surface area contributed by atoms with Crippen molar-refractivity contribution in [2.45, 2.75) is 13.0 Å². The van der Waals surface area contributed by atoms with Crippen LogP contribution in [-0.4, -0.2) is 39.5 Å². The van der Waals surface area contributed by atoms with Gasteiger partial charge in [-0.1, -0.05) is 0 Å². The minimum atomic E-state index is -3.14. The molecule has 0 heterocycles. The van der Waals surface area contributed by atoms with Crippen LogP contribution in [0.15, 0.2) is 18.2 Å². The fraction of sp³-hybridized carbons (Fsp3) is 0.417. The third kappa shape index (κ3) is 4.78. The van der Waals surface area contributed by atoms with Gasteiger partial charge in [0.1, 0.15) is 15.6 Å². The third-order valence-corrected chi connectivity index (χ3v) is 3.54. The zero-order chi connectivity index (χ0) is 14.6. The summed E-state index contributed by atoms with van der Waals surface area (Å²) in [6.45, 7) is 1.62. The smallest absolute Gasteiger partial charge is 0.253 e. The molecule has 0 aliphatic carbocycles. The van der Waals surface area contributed by atoms with Crippen LogP contribution in [0.25, 0.3) is 0 Å². The number of carbonyl (C=O) groups is 1. The largest absolute Gasteiger partial charge is 0.497 e. The highest BCUT2D eigenvalue weighted by Gasteiger charge is 2.16. The summed E-state index contributed by atoms with van der Waals surface area (Å²) < 4.78 is 27.2. The van der Waals surface area contributed by atoms with Gasteiger partial charge in [-0.05, 0) is 19.1 Å². The normalized spacial score (nSPS) is 12.8. The average Bonchev–Trinajstić information content (AvgIpc) is 2.25. The lowest BCUT2D eigenvalue weighted by Crippen LogP contribution is -2.37. The first-order chi connectivity index (χ1) is 8.73. The predicted octanol–water partition coefficient (Wildman–Crippen LogP) is 0.440. The molecule has 19 heavy (non-hydrogen) atoms. The molecule has 6 nitrogen and oxygen atoms in total. The molecule has 1 aromatic rings. The quantitative estimate of drug-likeness (QED) is 0.765. The van der Waals surface area contributed by atoms with Crippen LogP contribution in [0, 0.1) is 0 Å². The van der Waals surface area contributed by atoms with Gasteiger partial charge < -0.3 is 15.8 Å². The number of sulfone groups is 1. The van der Waals surface area contributed by atoms with Crippen LogP contribution in [0.1, 0.15) is 17.3 Å². The lowest BCUT2D eigenvalue weighted by molar-refractivity contribution is 0.0944. The Kier molecular flexibility index (Phi) is 4.77. The van der Waals surface area contributed by atoms with Gasteiger partial charge in [-0.25, -0.2) is 8.42 Å². The van der Waals surface area contributed by atoms with Crippen molar-refractivity contribution in [2.75, 3.05) is 24.9 Å². The number of anilines is 1. The van der Waals surface area contributed by atoms with Crippen LogP contribution in [0.4, 0.5) is 5.69 Å². The number of nitrogens with one attached hydrogen (secondary N) is 1. The number of nitrogens with two attached hydrogens (primary N) is 1. The summed E-state index contributed by atoms with van der Waals surface area (Å²) in [6.07, 6.45) is 1.12. The summed E-state index contributed by atoms with van der Waals surface area (Å²) in [5, 5.41) is 2.59. The van der Waals surface area contributed by atoms with Gasteiger partial charge in [-0.15, -0.1) is 0 Å². The Morgan fingerprint density at radius 1 is 1.47 bits per heavy atom. The van der Waals surface area contributed by atoms with Gasteiger partial charge >= 0.3 is 0 Å². The summed E-state index contributed by atoms with van der Waals surface area (Å²) >= 11 is 0. The second-order valence-electron chi connectivity index (χ2n) is 4.42. The van der Waals surface area contributed by atoms with Gasteiger partial charge in [-0.2, -0.15) is 0 Å². The maximum Gasteiger partial charge on any atom is 0.253 e. The zero-order valence-corrected chi connectivity index (χ0v) is 12.0. The molecule has 0 spiro atoms. The van der Waals surface area contributed by atoms with Crippen molar-refractivity contribution in [3.63, 3.8) is 0 Å². The van der Waals surface area contributed by atoms with E-state index in [0.29, 0.717) is 11.3 Å². The second kappa shape index (κ2) is 5.92. The van der Waals surface area contributed by atoms with E-state index in [1.165, 1.54) is 19.2 Å². The monoisotopic (exact) mass is 286 g/mol. The summed E-state index contributed by atoms with van der Waals surface area (Å²) in [6, 6.07) is 4.21. The predicted molar refractivity (Wildman–Crippen MR) is 74.0 cm³/mol. The number of hydrogen-bond acceptors (Lipinski definition) is 5. The first-order valence-corrected chi connectivity index (χ1v) is 7.71. The molecule has 1 atom stereocenters. The highest BCUT2D eigenvalue weighted by molar-refractivity contribution is 7.90. The Labute approximate surface area is 112 Å². The van der Waals surface area contributed by atoms with Gasteiger partial charge in [0.05, 0.1) is 18.4 Å². The highest BCUT2D eigenvalue weighted by atomic mass is 32.2.